The van der Waals surface area contributed by atoms with Gasteiger partial charge < -0.3 is 9.72 Å². The molecule has 0 unspecified atom stereocenters. The molecule has 0 aliphatic carbocycles. The van der Waals surface area contributed by atoms with E-state index in [0.29, 0.717) is 5.65 Å². The Bertz CT molecular complexity index is 934. The molecule has 0 spiro atoms. The number of rotatable bonds is 2. The second-order valence-electron chi connectivity index (χ2n) is 5.24. The molecule has 0 fully saturated rings. The smallest absolute Gasteiger partial charge is 0.320 e. The van der Waals surface area contributed by atoms with E-state index in [1.807, 2.05) is 13.0 Å². The van der Waals surface area contributed by atoms with Gasteiger partial charge in [0.1, 0.15) is 11.3 Å². The minimum Gasteiger partial charge on any atom is -0.320 e. The largest absolute Gasteiger partial charge is 0.418 e. The number of benzene rings is 1. The van der Waals surface area contributed by atoms with Gasteiger partial charge in [0.25, 0.3) is 5.91 Å². The van der Waals surface area contributed by atoms with Gasteiger partial charge in [-0.2, -0.15) is 13.2 Å². The van der Waals surface area contributed by atoms with Crippen molar-refractivity contribution in [2.45, 2.75) is 13.1 Å². The standard InChI is InChI=1S/C16H11ClF3N3O/c1-9-4-5-23-8-13(21-14(23)6-9)15(24)22-12-3-2-10(17)7-11(12)16(18,19)20/h2-8H,1H3,(H,22,24). The molecule has 3 rings (SSSR count). The van der Waals surface area contributed by atoms with Crippen LogP contribution in [-0.2, 0) is 6.18 Å². The number of anilines is 1. The van der Waals surface area contributed by atoms with Crippen molar-refractivity contribution < 1.29 is 18.0 Å². The summed E-state index contributed by atoms with van der Waals surface area (Å²) in [5.74, 6) is -0.732. The number of carbonyl (C=O) groups is 1. The zero-order valence-electron chi connectivity index (χ0n) is 12.4. The van der Waals surface area contributed by atoms with E-state index in [9.17, 15) is 18.0 Å². The first-order chi connectivity index (χ1) is 11.2. The van der Waals surface area contributed by atoms with Crippen LogP contribution >= 0.6 is 11.6 Å². The van der Waals surface area contributed by atoms with Crippen molar-refractivity contribution >= 4 is 28.8 Å². The highest BCUT2D eigenvalue weighted by molar-refractivity contribution is 6.30. The lowest BCUT2D eigenvalue weighted by atomic mass is 10.1. The Kier molecular flexibility index (Phi) is 3.96. The molecule has 0 atom stereocenters. The second kappa shape index (κ2) is 5.83. The maximum atomic E-state index is 13.1. The minimum atomic E-state index is -4.64. The quantitative estimate of drug-likeness (QED) is 0.733. The Morgan fingerprint density at radius 1 is 1.25 bits per heavy atom. The van der Waals surface area contributed by atoms with Crippen molar-refractivity contribution in [3.63, 3.8) is 0 Å². The molecular weight excluding hydrogens is 343 g/mol. The number of fused-ring (bicyclic) bond motifs is 1. The molecule has 124 valence electrons. The van der Waals surface area contributed by atoms with Crippen molar-refractivity contribution in [3.8, 4) is 0 Å². The fourth-order valence-electron chi connectivity index (χ4n) is 2.24. The molecule has 0 saturated heterocycles. The first-order valence-electron chi connectivity index (χ1n) is 6.87. The van der Waals surface area contributed by atoms with Crippen molar-refractivity contribution in [2.24, 2.45) is 0 Å². The number of carbonyl (C=O) groups excluding carboxylic acids is 1. The lowest BCUT2D eigenvalue weighted by molar-refractivity contribution is -0.136. The highest BCUT2D eigenvalue weighted by atomic mass is 35.5. The molecule has 3 aromatic rings. The van der Waals surface area contributed by atoms with Gasteiger partial charge >= 0.3 is 6.18 Å². The number of nitrogens with one attached hydrogen (secondary N) is 1. The van der Waals surface area contributed by atoms with Crippen LogP contribution in [0.4, 0.5) is 18.9 Å². The fourth-order valence-corrected chi connectivity index (χ4v) is 2.41. The van der Waals surface area contributed by atoms with E-state index in [-0.39, 0.29) is 16.4 Å². The average Bonchev–Trinajstić information content (AvgIpc) is 2.91. The van der Waals surface area contributed by atoms with Crippen molar-refractivity contribution in [1.29, 1.82) is 0 Å². The highest BCUT2D eigenvalue weighted by Crippen LogP contribution is 2.36. The Morgan fingerprint density at radius 2 is 2.00 bits per heavy atom. The molecule has 0 aliphatic heterocycles. The van der Waals surface area contributed by atoms with Crippen LogP contribution in [0.1, 0.15) is 21.6 Å². The number of pyridine rings is 1. The van der Waals surface area contributed by atoms with E-state index in [1.165, 1.54) is 12.3 Å². The zero-order valence-corrected chi connectivity index (χ0v) is 13.1. The molecule has 24 heavy (non-hydrogen) atoms. The number of aromatic nitrogens is 2. The van der Waals surface area contributed by atoms with Gasteiger partial charge in [-0.1, -0.05) is 11.6 Å². The number of alkyl halides is 3. The summed E-state index contributed by atoms with van der Waals surface area (Å²) in [4.78, 5) is 16.4. The number of hydrogen-bond donors (Lipinski definition) is 1. The summed E-state index contributed by atoms with van der Waals surface area (Å²) in [5, 5.41) is 2.18. The number of halogens is 4. The van der Waals surface area contributed by atoms with Gasteiger partial charge in [-0.3, -0.25) is 4.79 Å². The van der Waals surface area contributed by atoms with Crippen molar-refractivity contribution in [2.75, 3.05) is 5.32 Å². The summed E-state index contributed by atoms with van der Waals surface area (Å²) < 4.78 is 40.8. The second-order valence-corrected chi connectivity index (χ2v) is 5.67. The van der Waals surface area contributed by atoms with Gasteiger partial charge in [-0.05, 0) is 42.8 Å². The van der Waals surface area contributed by atoms with E-state index in [0.717, 1.165) is 17.7 Å². The number of nitrogens with zero attached hydrogens (tertiary/aromatic N) is 2. The molecule has 4 nitrogen and oxygen atoms in total. The molecule has 0 saturated carbocycles. The summed E-state index contributed by atoms with van der Waals surface area (Å²) in [5.41, 5.74) is 0.126. The fraction of sp³-hybridized carbons (Fsp3) is 0.125. The van der Waals surface area contributed by atoms with E-state index < -0.39 is 17.6 Å². The van der Waals surface area contributed by atoms with Crippen LogP contribution < -0.4 is 5.32 Å². The van der Waals surface area contributed by atoms with E-state index in [1.54, 1.807) is 16.7 Å². The first-order valence-corrected chi connectivity index (χ1v) is 7.25. The monoisotopic (exact) mass is 353 g/mol. The van der Waals surface area contributed by atoms with Crippen LogP contribution in [0.15, 0.2) is 42.7 Å². The van der Waals surface area contributed by atoms with E-state index >= 15 is 0 Å². The molecule has 2 heterocycles. The number of aryl methyl sites for hydroxylation is 1. The molecule has 1 aromatic carbocycles. The Balaban J connectivity index is 1.94. The number of amides is 1. The van der Waals surface area contributed by atoms with Gasteiger partial charge in [-0.25, -0.2) is 4.98 Å². The van der Waals surface area contributed by atoms with Crippen LogP contribution in [0, 0.1) is 6.92 Å². The topological polar surface area (TPSA) is 46.4 Å². The number of hydrogen-bond acceptors (Lipinski definition) is 2. The Morgan fingerprint density at radius 3 is 2.71 bits per heavy atom. The van der Waals surface area contributed by atoms with Crippen LogP contribution in [0.3, 0.4) is 0 Å². The van der Waals surface area contributed by atoms with Crippen LogP contribution in [-0.4, -0.2) is 15.3 Å². The molecule has 0 bridgehead atoms. The summed E-state index contributed by atoms with van der Waals surface area (Å²) in [6.07, 6.45) is -1.46. The normalized spacial score (nSPS) is 11.7. The third-order valence-corrected chi connectivity index (χ3v) is 3.62. The number of imidazole rings is 1. The van der Waals surface area contributed by atoms with Gasteiger partial charge in [0.15, 0.2) is 0 Å². The first kappa shape index (κ1) is 16.3. The zero-order chi connectivity index (χ0) is 17.5. The predicted octanol–water partition coefficient (Wildman–Crippen LogP) is 4.57. The highest BCUT2D eigenvalue weighted by Gasteiger charge is 2.34. The van der Waals surface area contributed by atoms with Crippen LogP contribution in [0.5, 0.6) is 0 Å². The third kappa shape index (κ3) is 3.21. The average molecular weight is 354 g/mol. The summed E-state index contributed by atoms with van der Waals surface area (Å²) in [7, 11) is 0. The molecule has 0 radical (unpaired) electrons. The summed E-state index contributed by atoms with van der Waals surface area (Å²) in [6, 6.07) is 6.75. The van der Waals surface area contributed by atoms with Gasteiger partial charge in [-0.15, -0.1) is 0 Å². The molecule has 1 N–H and O–H groups in total. The summed E-state index contributed by atoms with van der Waals surface area (Å²) in [6.45, 7) is 1.87. The minimum absolute atomic E-state index is 0.0173. The molecule has 2 aromatic heterocycles. The van der Waals surface area contributed by atoms with Gasteiger partial charge in [0.2, 0.25) is 0 Å². The lowest BCUT2D eigenvalue weighted by Crippen LogP contribution is -2.17. The van der Waals surface area contributed by atoms with Crippen molar-refractivity contribution in [1.82, 2.24) is 9.38 Å². The summed E-state index contributed by atoms with van der Waals surface area (Å²) >= 11 is 5.62. The molecule has 0 aliphatic rings. The van der Waals surface area contributed by atoms with Gasteiger partial charge in [0, 0.05) is 17.4 Å². The van der Waals surface area contributed by atoms with Gasteiger partial charge in [0.05, 0.1) is 11.3 Å². The maximum Gasteiger partial charge on any atom is 0.418 e. The molecular formula is C16H11ClF3N3O. The van der Waals surface area contributed by atoms with Crippen LogP contribution in [0.25, 0.3) is 5.65 Å². The predicted molar refractivity (Wildman–Crippen MR) is 84.3 cm³/mol. The maximum absolute atomic E-state index is 13.1. The van der Waals surface area contributed by atoms with Crippen LogP contribution in [0.2, 0.25) is 5.02 Å². The lowest BCUT2D eigenvalue weighted by Gasteiger charge is -2.13. The SMILES string of the molecule is Cc1ccn2cc(C(=O)Nc3ccc(Cl)cc3C(F)(F)F)nc2c1. The Hall–Kier alpha value is -2.54. The third-order valence-electron chi connectivity index (χ3n) is 3.38. The molecule has 1 amide bonds. The Labute approximate surface area is 139 Å². The van der Waals surface area contributed by atoms with Crippen molar-refractivity contribution in [3.05, 3.63) is 64.6 Å². The van der Waals surface area contributed by atoms with E-state index in [2.05, 4.69) is 10.3 Å². The molecule has 8 heteroatoms. The van der Waals surface area contributed by atoms with E-state index in [4.69, 9.17) is 11.6 Å².